The van der Waals surface area contributed by atoms with E-state index in [-0.39, 0.29) is 5.78 Å². The van der Waals surface area contributed by atoms with Gasteiger partial charge in [0.05, 0.1) is 6.61 Å². The highest BCUT2D eigenvalue weighted by molar-refractivity contribution is 5.92. The second kappa shape index (κ2) is 6.58. The number of nitrogens with zero attached hydrogens (tertiary/aromatic N) is 1. The van der Waals surface area contributed by atoms with Gasteiger partial charge in [-0.3, -0.25) is 4.79 Å². The van der Waals surface area contributed by atoms with E-state index in [9.17, 15) is 4.79 Å². The van der Waals surface area contributed by atoms with Gasteiger partial charge in [0.2, 0.25) is 0 Å². The van der Waals surface area contributed by atoms with Gasteiger partial charge in [-0.25, -0.2) is 0 Å². The van der Waals surface area contributed by atoms with Crippen molar-refractivity contribution in [1.82, 2.24) is 10.2 Å². The number of ketones is 1. The van der Waals surface area contributed by atoms with Crippen molar-refractivity contribution in [3.05, 3.63) is 11.8 Å². The SMILES string of the molecule is COCCN(C)CCNC1=CC(=O)CC1. The molecule has 4 nitrogen and oxygen atoms in total. The summed E-state index contributed by atoms with van der Waals surface area (Å²) >= 11 is 0. The van der Waals surface area contributed by atoms with E-state index in [1.165, 1.54) is 0 Å². The standard InChI is InChI=1S/C11H20N2O2/c1-13(7-8-15-2)6-5-12-10-3-4-11(14)9-10/h9,12H,3-8H2,1-2H3. The molecule has 0 spiro atoms. The Labute approximate surface area is 91.3 Å². The van der Waals surface area contributed by atoms with Crippen molar-refractivity contribution in [3.8, 4) is 0 Å². The number of likely N-dealkylation sites (N-methyl/N-ethyl adjacent to an activating group) is 1. The Morgan fingerprint density at radius 3 is 2.87 bits per heavy atom. The van der Waals surface area contributed by atoms with Crippen molar-refractivity contribution < 1.29 is 9.53 Å². The molecule has 0 aromatic heterocycles. The summed E-state index contributed by atoms with van der Waals surface area (Å²) in [6.45, 7) is 3.56. The van der Waals surface area contributed by atoms with Crippen molar-refractivity contribution in [1.29, 1.82) is 0 Å². The molecule has 0 bridgehead atoms. The Hall–Kier alpha value is -0.870. The van der Waals surface area contributed by atoms with Crippen LogP contribution >= 0.6 is 0 Å². The zero-order valence-electron chi connectivity index (χ0n) is 9.58. The summed E-state index contributed by atoms with van der Waals surface area (Å²) in [5.74, 6) is 0.241. The lowest BCUT2D eigenvalue weighted by atomic mass is 10.3. The molecule has 0 aromatic rings. The maximum Gasteiger partial charge on any atom is 0.157 e. The third-order valence-corrected chi connectivity index (χ3v) is 2.50. The van der Waals surface area contributed by atoms with E-state index in [4.69, 9.17) is 4.74 Å². The van der Waals surface area contributed by atoms with E-state index in [2.05, 4.69) is 17.3 Å². The number of nitrogens with one attached hydrogen (secondary N) is 1. The van der Waals surface area contributed by atoms with Crippen molar-refractivity contribution in [3.63, 3.8) is 0 Å². The molecule has 0 aliphatic heterocycles. The second-order valence-corrected chi connectivity index (χ2v) is 3.86. The predicted octanol–water partition coefficient (Wildman–Crippen LogP) is 0.401. The van der Waals surface area contributed by atoms with E-state index in [1.54, 1.807) is 13.2 Å². The van der Waals surface area contributed by atoms with Gasteiger partial charge < -0.3 is 15.0 Å². The molecule has 4 heteroatoms. The summed E-state index contributed by atoms with van der Waals surface area (Å²) in [4.78, 5) is 13.2. The first-order valence-electron chi connectivity index (χ1n) is 5.37. The van der Waals surface area contributed by atoms with Gasteiger partial charge in [0.1, 0.15) is 0 Å². The Morgan fingerprint density at radius 1 is 1.47 bits per heavy atom. The zero-order valence-corrected chi connectivity index (χ0v) is 9.58. The molecule has 0 amide bonds. The molecule has 1 aliphatic rings. The average molecular weight is 212 g/mol. The van der Waals surface area contributed by atoms with Crippen LogP contribution in [-0.4, -0.2) is 51.1 Å². The lowest BCUT2D eigenvalue weighted by Crippen LogP contribution is -2.30. The van der Waals surface area contributed by atoms with Gasteiger partial charge in [0, 0.05) is 44.9 Å². The van der Waals surface area contributed by atoms with E-state index in [0.717, 1.165) is 38.4 Å². The molecule has 86 valence electrons. The quantitative estimate of drug-likeness (QED) is 0.663. The molecule has 0 saturated heterocycles. The van der Waals surface area contributed by atoms with E-state index in [0.29, 0.717) is 6.42 Å². The summed E-state index contributed by atoms with van der Waals surface area (Å²) in [6, 6.07) is 0. The number of rotatable bonds is 7. The molecule has 1 N–H and O–H groups in total. The third-order valence-electron chi connectivity index (χ3n) is 2.50. The van der Waals surface area contributed by atoms with Gasteiger partial charge in [-0.15, -0.1) is 0 Å². The summed E-state index contributed by atoms with van der Waals surface area (Å²) in [5.41, 5.74) is 1.08. The van der Waals surface area contributed by atoms with Crippen molar-refractivity contribution in [2.45, 2.75) is 12.8 Å². The number of hydrogen-bond donors (Lipinski definition) is 1. The highest BCUT2D eigenvalue weighted by Gasteiger charge is 2.10. The molecule has 0 saturated carbocycles. The van der Waals surface area contributed by atoms with Gasteiger partial charge in [0.15, 0.2) is 5.78 Å². The molecule has 1 aliphatic carbocycles. The highest BCUT2D eigenvalue weighted by atomic mass is 16.5. The molecular weight excluding hydrogens is 192 g/mol. The van der Waals surface area contributed by atoms with Crippen LogP contribution in [0.15, 0.2) is 11.8 Å². The molecule has 0 unspecified atom stereocenters. The van der Waals surface area contributed by atoms with Crippen molar-refractivity contribution in [2.24, 2.45) is 0 Å². The first kappa shape index (κ1) is 12.2. The summed E-state index contributed by atoms with van der Waals surface area (Å²) in [6.07, 6.45) is 3.26. The molecule has 0 heterocycles. The monoisotopic (exact) mass is 212 g/mol. The topological polar surface area (TPSA) is 41.6 Å². The Balaban J connectivity index is 2.05. The first-order chi connectivity index (χ1) is 7.22. The maximum atomic E-state index is 10.9. The van der Waals surface area contributed by atoms with Crippen molar-refractivity contribution in [2.75, 3.05) is 40.4 Å². The second-order valence-electron chi connectivity index (χ2n) is 3.86. The lowest BCUT2D eigenvalue weighted by molar-refractivity contribution is -0.114. The van der Waals surface area contributed by atoms with Gasteiger partial charge >= 0.3 is 0 Å². The Kier molecular flexibility index (Phi) is 5.36. The van der Waals surface area contributed by atoms with Crippen LogP contribution in [-0.2, 0) is 9.53 Å². The molecule has 1 rings (SSSR count). The van der Waals surface area contributed by atoms with Crippen LogP contribution in [0.5, 0.6) is 0 Å². The summed E-state index contributed by atoms with van der Waals surface area (Å²) in [5, 5.41) is 3.28. The van der Waals surface area contributed by atoms with Gasteiger partial charge in [-0.1, -0.05) is 0 Å². The van der Waals surface area contributed by atoms with Crippen LogP contribution in [0.25, 0.3) is 0 Å². The van der Waals surface area contributed by atoms with Crippen LogP contribution in [0.1, 0.15) is 12.8 Å². The third kappa shape index (κ3) is 4.95. The van der Waals surface area contributed by atoms with E-state index >= 15 is 0 Å². The predicted molar refractivity (Wildman–Crippen MR) is 59.7 cm³/mol. The number of allylic oxidation sites excluding steroid dienone is 2. The van der Waals surface area contributed by atoms with Crippen LogP contribution < -0.4 is 5.32 Å². The largest absolute Gasteiger partial charge is 0.387 e. The van der Waals surface area contributed by atoms with Crippen LogP contribution in [0.4, 0.5) is 0 Å². The number of methoxy groups -OCH3 is 1. The van der Waals surface area contributed by atoms with Crippen LogP contribution in [0.3, 0.4) is 0 Å². The molecule has 0 aromatic carbocycles. The Morgan fingerprint density at radius 2 is 2.27 bits per heavy atom. The summed E-state index contributed by atoms with van der Waals surface area (Å²) < 4.78 is 4.99. The number of ether oxygens (including phenoxy) is 1. The fourth-order valence-corrected chi connectivity index (χ4v) is 1.50. The van der Waals surface area contributed by atoms with E-state index in [1.807, 2.05) is 0 Å². The van der Waals surface area contributed by atoms with Gasteiger partial charge in [-0.05, 0) is 13.5 Å². The molecule has 15 heavy (non-hydrogen) atoms. The minimum absolute atomic E-state index is 0.241. The summed E-state index contributed by atoms with van der Waals surface area (Å²) in [7, 11) is 3.77. The van der Waals surface area contributed by atoms with E-state index < -0.39 is 0 Å². The molecule has 0 atom stereocenters. The highest BCUT2D eigenvalue weighted by Crippen LogP contribution is 2.10. The molecular formula is C11H20N2O2. The lowest BCUT2D eigenvalue weighted by Gasteiger charge is -2.16. The Bertz CT molecular complexity index is 239. The van der Waals surface area contributed by atoms with Gasteiger partial charge in [-0.2, -0.15) is 0 Å². The van der Waals surface area contributed by atoms with Gasteiger partial charge in [0.25, 0.3) is 0 Å². The number of carbonyl (C=O) groups is 1. The fourth-order valence-electron chi connectivity index (χ4n) is 1.50. The molecule has 0 radical (unpaired) electrons. The van der Waals surface area contributed by atoms with Crippen LogP contribution in [0, 0.1) is 0 Å². The number of carbonyl (C=O) groups excluding carboxylic acids is 1. The zero-order chi connectivity index (χ0) is 11.1. The normalized spacial score (nSPS) is 15.9. The number of hydrogen-bond acceptors (Lipinski definition) is 4. The smallest absolute Gasteiger partial charge is 0.157 e. The maximum absolute atomic E-state index is 10.9. The van der Waals surface area contributed by atoms with Crippen molar-refractivity contribution >= 4 is 5.78 Å². The average Bonchev–Trinajstić information content (AvgIpc) is 2.61. The van der Waals surface area contributed by atoms with Crippen LogP contribution in [0.2, 0.25) is 0 Å². The molecule has 0 fully saturated rings. The minimum atomic E-state index is 0.241. The fraction of sp³-hybridized carbons (Fsp3) is 0.727. The first-order valence-corrected chi connectivity index (χ1v) is 5.37. The minimum Gasteiger partial charge on any atom is -0.387 e.